The van der Waals surface area contributed by atoms with Crippen LogP contribution in [0.3, 0.4) is 0 Å². The van der Waals surface area contributed by atoms with Gasteiger partial charge in [0, 0.05) is 19.7 Å². The molecule has 0 bridgehead atoms. The number of halogens is 1. The Balaban J connectivity index is 0.00000147. The lowest BCUT2D eigenvalue weighted by molar-refractivity contribution is 0.112. The molecule has 0 spiro atoms. The van der Waals surface area contributed by atoms with Crippen LogP contribution in [0.25, 0.3) is 0 Å². The minimum Gasteiger partial charge on any atom is -0.349 e. The molecule has 0 unspecified atom stereocenters. The third kappa shape index (κ3) is 2.14. The van der Waals surface area contributed by atoms with Crippen molar-refractivity contribution in [3.05, 3.63) is 59.7 Å². The van der Waals surface area contributed by atoms with E-state index >= 15 is 0 Å². The third-order valence-electron chi connectivity index (χ3n) is 3.75. The number of rotatable bonds is 2. The van der Waals surface area contributed by atoms with Crippen LogP contribution in [-0.4, -0.2) is 20.4 Å². The van der Waals surface area contributed by atoms with Gasteiger partial charge in [-0.1, -0.05) is 36.4 Å². The quantitative estimate of drug-likeness (QED) is 0.790. The van der Waals surface area contributed by atoms with Crippen molar-refractivity contribution in [2.24, 2.45) is 0 Å². The zero-order valence-electron chi connectivity index (χ0n) is 11.5. The Morgan fingerprint density at radius 2 is 1.40 bits per heavy atom. The van der Waals surface area contributed by atoms with Gasteiger partial charge in [0.05, 0.1) is 11.4 Å². The zero-order valence-corrected chi connectivity index (χ0v) is 12.3. The summed E-state index contributed by atoms with van der Waals surface area (Å²) in [4.78, 5) is 15.2. The monoisotopic (exact) mass is 288 g/mol. The molecule has 4 heteroatoms. The van der Waals surface area contributed by atoms with Gasteiger partial charge in [0.15, 0.2) is 0 Å². The predicted octanol–water partition coefficient (Wildman–Crippen LogP) is 3.51. The molecule has 1 aliphatic rings. The minimum atomic E-state index is 0. The second-order valence-electron chi connectivity index (χ2n) is 4.87. The highest BCUT2D eigenvalue weighted by molar-refractivity contribution is 5.85. The van der Waals surface area contributed by atoms with Crippen molar-refractivity contribution in [3.63, 3.8) is 0 Å². The standard InChI is InChI=1S/C16H16N2O.ClH/c1-17-14-5-3-4-6-15(14)18(2)16(17)13-9-7-12(11-19)8-10-13;/h3-11,16H,1-2H3;1H. The smallest absolute Gasteiger partial charge is 0.150 e. The van der Waals surface area contributed by atoms with Crippen LogP contribution >= 0.6 is 12.4 Å². The first-order chi connectivity index (χ1) is 9.22. The van der Waals surface area contributed by atoms with E-state index in [-0.39, 0.29) is 18.6 Å². The SMILES string of the molecule is CN1c2ccccc2N(C)C1c1ccc(C=O)cc1.Cl. The first-order valence-corrected chi connectivity index (χ1v) is 6.32. The summed E-state index contributed by atoms with van der Waals surface area (Å²) < 4.78 is 0. The van der Waals surface area contributed by atoms with Gasteiger partial charge in [-0.15, -0.1) is 12.4 Å². The maximum Gasteiger partial charge on any atom is 0.150 e. The molecule has 0 aromatic heterocycles. The Bertz CT molecular complexity index is 583. The van der Waals surface area contributed by atoms with Crippen molar-refractivity contribution in [2.45, 2.75) is 6.17 Å². The average Bonchev–Trinajstić information content (AvgIpc) is 2.72. The fourth-order valence-electron chi connectivity index (χ4n) is 2.78. The number of hydrogen-bond donors (Lipinski definition) is 0. The number of hydrogen-bond acceptors (Lipinski definition) is 3. The summed E-state index contributed by atoms with van der Waals surface area (Å²) in [6.07, 6.45) is 1.05. The highest BCUT2D eigenvalue weighted by Gasteiger charge is 2.31. The Labute approximate surface area is 125 Å². The summed E-state index contributed by atoms with van der Waals surface area (Å²) in [5, 5.41) is 0. The van der Waals surface area contributed by atoms with Crippen molar-refractivity contribution < 1.29 is 4.79 Å². The lowest BCUT2D eigenvalue weighted by Gasteiger charge is -2.28. The van der Waals surface area contributed by atoms with Crippen LogP contribution in [0, 0.1) is 0 Å². The highest BCUT2D eigenvalue weighted by atomic mass is 35.5. The van der Waals surface area contributed by atoms with E-state index in [2.05, 4.69) is 48.2 Å². The average molecular weight is 289 g/mol. The van der Waals surface area contributed by atoms with E-state index < -0.39 is 0 Å². The Kier molecular flexibility index (Phi) is 4.00. The molecule has 0 radical (unpaired) electrons. The molecule has 0 N–H and O–H groups in total. The van der Waals surface area contributed by atoms with Crippen LogP contribution in [0.2, 0.25) is 0 Å². The molecule has 104 valence electrons. The molecule has 2 aromatic rings. The molecule has 0 amide bonds. The lowest BCUT2D eigenvalue weighted by Crippen LogP contribution is -2.30. The van der Waals surface area contributed by atoms with Crippen LogP contribution in [-0.2, 0) is 0 Å². The topological polar surface area (TPSA) is 23.6 Å². The summed E-state index contributed by atoms with van der Waals surface area (Å²) in [5.74, 6) is 0. The molecule has 3 nitrogen and oxygen atoms in total. The number of aldehydes is 1. The molecule has 1 heterocycles. The largest absolute Gasteiger partial charge is 0.349 e. The van der Waals surface area contributed by atoms with Crippen LogP contribution in [0.4, 0.5) is 11.4 Å². The van der Waals surface area contributed by atoms with E-state index in [9.17, 15) is 4.79 Å². The molecule has 3 rings (SSSR count). The molecular formula is C16H17ClN2O. The molecule has 20 heavy (non-hydrogen) atoms. The fourth-order valence-corrected chi connectivity index (χ4v) is 2.78. The van der Waals surface area contributed by atoms with E-state index in [1.54, 1.807) is 0 Å². The van der Waals surface area contributed by atoms with Gasteiger partial charge < -0.3 is 9.80 Å². The molecule has 1 aliphatic heterocycles. The number of para-hydroxylation sites is 2. The van der Waals surface area contributed by atoms with Gasteiger partial charge in [0.25, 0.3) is 0 Å². The van der Waals surface area contributed by atoms with Gasteiger partial charge in [-0.2, -0.15) is 0 Å². The summed E-state index contributed by atoms with van der Waals surface area (Å²) in [6.45, 7) is 0. The van der Waals surface area contributed by atoms with E-state index in [0.717, 1.165) is 6.29 Å². The number of fused-ring (bicyclic) bond motifs is 1. The number of benzene rings is 2. The van der Waals surface area contributed by atoms with E-state index in [1.807, 2.05) is 24.3 Å². The summed E-state index contributed by atoms with van der Waals surface area (Å²) in [5.41, 5.74) is 4.36. The second-order valence-corrected chi connectivity index (χ2v) is 4.87. The van der Waals surface area contributed by atoms with Crippen molar-refractivity contribution in [2.75, 3.05) is 23.9 Å². The molecular weight excluding hydrogens is 272 g/mol. The minimum absolute atomic E-state index is 0. The van der Waals surface area contributed by atoms with Crippen molar-refractivity contribution in [3.8, 4) is 0 Å². The van der Waals surface area contributed by atoms with Gasteiger partial charge >= 0.3 is 0 Å². The number of nitrogens with zero attached hydrogens (tertiary/aromatic N) is 2. The molecule has 0 atom stereocenters. The summed E-state index contributed by atoms with van der Waals surface area (Å²) >= 11 is 0. The third-order valence-corrected chi connectivity index (χ3v) is 3.75. The second kappa shape index (κ2) is 5.55. The molecule has 2 aromatic carbocycles. The van der Waals surface area contributed by atoms with E-state index in [0.29, 0.717) is 5.56 Å². The first kappa shape index (κ1) is 14.4. The van der Waals surface area contributed by atoms with Crippen LogP contribution in [0.5, 0.6) is 0 Å². The molecule has 0 saturated heterocycles. The molecule has 0 fully saturated rings. The van der Waals surface area contributed by atoms with Gasteiger partial charge in [0.1, 0.15) is 12.5 Å². The maximum absolute atomic E-state index is 10.7. The Morgan fingerprint density at radius 3 is 1.85 bits per heavy atom. The first-order valence-electron chi connectivity index (χ1n) is 6.32. The number of anilines is 2. The van der Waals surface area contributed by atoms with Gasteiger partial charge in [-0.05, 0) is 17.7 Å². The van der Waals surface area contributed by atoms with Gasteiger partial charge in [-0.25, -0.2) is 0 Å². The van der Waals surface area contributed by atoms with Crippen molar-refractivity contribution in [1.82, 2.24) is 0 Å². The maximum atomic E-state index is 10.7. The van der Waals surface area contributed by atoms with Crippen molar-refractivity contribution >= 4 is 30.1 Å². The van der Waals surface area contributed by atoms with E-state index in [4.69, 9.17) is 0 Å². The Morgan fingerprint density at radius 1 is 0.900 bits per heavy atom. The molecule has 0 saturated carbocycles. The zero-order chi connectivity index (χ0) is 13.4. The summed E-state index contributed by atoms with van der Waals surface area (Å²) in [7, 11) is 4.20. The van der Waals surface area contributed by atoms with Crippen LogP contribution < -0.4 is 9.80 Å². The number of carbonyl (C=O) groups is 1. The Hall–Kier alpha value is -2.00. The predicted molar refractivity (Wildman–Crippen MR) is 85.1 cm³/mol. The van der Waals surface area contributed by atoms with Crippen LogP contribution in [0.15, 0.2) is 48.5 Å². The number of carbonyl (C=O) groups excluding carboxylic acids is 1. The normalized spacial score (nSPS) is 13.9. The van der Waals surface area contributed by atoms with Gasteiger partial charge in [0.2, 0.25) is 0 Å². The fraction of sp³-hybridized carbons (Fsp3) is 0.188. The molecule has 0 aliphatic carbocycles. The van der Waals surface area contributed by atoms with Gasteiger partial charge in [-0.3, -0.25) is 4.79 Å². The van der Waals surface area contributed by atoms with Crippen LogP contribution in [0.1, 0.15) is 22.1 Å². The van der Waals surface area contributed by atoms with Crippen molar-refractivity contribution in [1.29, 1.82) is 0 Å². The van der Waals surface area contributed by atoms with E-state index in [1.165, 1.54) is 16.9 Å². The summed E-state index contributed by atoms with van der Waals surface area (Å²) in [6, 6.07) is 16.2. The highest BCUT2D eigenvalue weighted by Crippen LogP contribution is 2.43. The lowest BCUT2D eigenvalue weighted by atomic mass is 10.1.